The molecule has 2 N–H and O–H groups in total. The van der Waals surface area contributed by atoms with Crippen molar-refractivity contribution in [2.45, 2.75) is 13.0 Å². The van der Waals surface area contributed by atoms with Gasteiger partial charge in [-0.1, -0.05) is 0 Å². The summed E-state index contributed by atoms with van der Waals surface area (Å²) < 4.78 is 7.71. The van der Waals surface area contributed by atoms with E-state index in [0.717, 1.165) is 61.0 Å². The van der Waals surface area contributed by atoms with Gasteiger partial charge in [-0.2, -0.15) is 0 Å². The van der Waals surface area contributed by atoms with E-state index in [0.29, 0.717) is 13.2 Å². The Balaban J connectivity index is 1.71. The molecule has 3 aromatic rings. The lowest BCUT2D eigenvalue weighted by molar-refractivity contribution is 0.122. The van der Waals surface area contributed by atoms with Gasteiger partial charge in [0.05, 0.1) is 30.3 Å². The molecule has 3 aromatic heterocycles. The summed E-state index contributed by atoms with van der Waals surface area (Å²) in [6, 6.07) is 0. The highest BCUT2D eigenvalue weighted by molar-refractivity contribution is 5.71. The standard InChI is InChI=1S/C18H22N8O/c1-24-3-2-13-15(11-24)26-10-14(12-8-20-18(19)21-9-12)23-16(17(26)22-13)25-4-6-27-7-5-25/h8-10H,2-7,11H2,1H3,(H2,19,20,21). The Labute approximate surface area is 156 Å². The predicted octanol–water partition coefficient (Wildman–Crippen LogP) is 0.593. The van der Waals surface area contributed by atoms with Crippen molar-refractivity contribution in [1.82, 2.24) is 29.2 Å². The van der Waals surface area contributed by atoms with Crippen LogP contribution in [-0.4, -0.2) is 69.1 Å². The van der Waals surface area contributed by atoms with E-state index in [1.807, 2.05) is 6.20 Å². The van der Waals surface area contributed by atoms with Gasteiger partial charge < -0.3 is 20.3 Å². The number of hydrogen-bond donors (Lipinski definition) is 1. The molecule has 0 spiro atoms. The van der Waals surface area contributed by atoms with E-state index in [1.54, 1.807) is 12.4 Å². The quantitative estimate of drug-likeness (QED) is 0.704. The number of nitrogens with zero attached hydrogens (tertiary/aromatic N) is 7. The topological polar surface area (TPSA) is 97.7 Å². The number of fused-ring (bicyclic) bond motifs is 3. The summed E-state index contributed by atoms with van der Waals surface area (Å²) in [5, 5.41) is 0. The molecular weight excluding hydrogens is 344 g/mol. The van der Waals surface area contributed by atoms with Gasteiger partial charge in [0.1, 0.15) is 0 Å². The van der Waals surface area contributed by atoms with Crippen molar-refractivity contribution in [3.05, 3.63) is 30.0 Å². The first kappa shape index (κ1) is 16.4. The number of aromatic nitrogens is 5. The second-order valence-electron chi connectivity index (χ2n) is 7.07. The van der Waals surface area contributed by atoms with Crippen LogP contribution < -0.4 is 10.6 Å². The summed E-state index contributed by atoms with van der Waals surface area (Å²) in [7, 11) is 2.14. The Hall–Kier alpha value is -2.78. The Kier molecular flexibility index (Phi) is 3.91. The molecule has 5 rings (SSSR count). The monoisotopic (exact) mass is 366 g/mol. The molecule has 1 saturated heterocycles. The van der Waals surface area contributed by atoms with E-state index < -0.39 is 0 Å². The molecular formula is C18H22N8O. The highest BCUT2D eigenvalue weighted by Crippen LogP contribution is 2.29. The number of morpholine rings is 1. The van der Waals surface area contributed by atoms with Gasteiger partial charge in [-0.25, -0.2) is 19.9 Å². The first-order chi connectivity index (χ1) is 13.2. The van der Waals surface area contributed by atoms with Crippen LogP contribution in [0.2, 0.25) is 0 Å². The van der Waals surface area contributed by atoms with Crippen LogP contribution in [0.1, 0.15) is 11.4 Å². The minimum atomic E-state index is 0.259. The zero-order valence-corrected chi connectivity index (χ0v) is 15.3. The fourth-order valence-electron chi connectivity index (χ4n) is 3.72. The molecule has 9 heteroatoms. The Morgan fingerprint density at radius 2 is 1.85 bits per heavy atom. The summed E-state index contributed by atoms with van der Waals surface area (Å²) in [5.41, 5.74) is 10.6. The smallest absolute Gasteiger partial charge is 0.219 e. The third-order valence-electron chi connectivity index (χ3n) is 5.20. The van der Waals surface area contributed by atoms with Gasteiger partial charge in [0, 0.05) is 56.8 Å². The maximum atomic E-state index is 5.65. The Morgan fingerprint density at radius 1 is 1.07 bits per heavy atom. The van der Waals surface area contributed by atoms with E-state index in [9.17, 15) is 0 Å². The molecule has 2 aliphatic rings. The Bertz CT molecular complexity index is 977. The molecule has 0 unspecified atom stereocenters. The molecule has 0 radical (unpaired) electrons. The molecule has 140 valence electrons. The van der Waals surface area contributed by atoms with Gasteiger partial charge in [-0.05, 0) is 7.05 Å². The number of rotatable bonds is 2. The highest BCUT2D eigenvalue weighted by atomic mass is 16.5. The second kappa shape index (κ2) is 6.43. The normalized spacial score (nSPS) is 18.0. The molecule has 27 heavy (non-hydrogen) atoms. The van der Waals surface area contributed by atoms with Gasteiger partial charge in [-0.3, -0.25) is 4.40 Å². The molecule has 0 amide bonds. The lowest BCUT2D eigenvalue weighted by atomic mass is 10.1. The van der Waals surface area contributed by atoms with Crippen LogP contribution in [0.4, 0.5) is 11.8 Å². The van der Waals surface area contributed by atoms with Gasteiger partial charge in [0.15, 0.2) is 11.5 Å². The van der Waals surface area contributed by atoms with Crippen LogP contribution in [0.15, 0.2) is 18.6 Å². The van der Waals surface area contributed by atoms with Crippen LogP contribution in [0.25, 0.3) is 16.9 Å². The summed E-state index contributed by atoms with van der Waals surface area (Å²) >= 11 is 0. The van der Waals surface area contributed by atoms with Crippen molar-refractivity contribution in [3.63, 3.8) is 0 Å². The lowest BCUT2D eigenvalue weighted by Crippen LogP contribution is -2.37. The van der Waals surface area contributed by atoms with Crippen LogP contribution in [0, 0.1) is 0 Å². The van der Waals surface area contributed by atoms with Crippen molar-refractivity contribution in [2.75, 3.05) is 50.5 Å². The van der Waals surface area contributed by atoms with Crippen molar-refractivity contribution in [2.24, 2.45) is 0 Å². The fourth-order valence-corrected chi connectivity index (χ4v) is 3.72. The van der Waals surface area contributed by atoms with E-state index in [1.165, 1.54) is 5.69 Å². The number of ether oxygens (including phenoxy) is 1. The van der Waals surface area contributed by atoms with Crippen LogP contribution in [0.3, 0.4) is 0 Å². The maximum Gasteiger partial charge on any atom is 0.219 e. The minimum Gasteiger partial charge on any atom is -0.378 e. The second-order valence-corrected chi connectivity index (χ2v) is 7.07. The average Bonchev–Trinajstić information content (AvgIpc) is 3.06. The average molecular weight is 366 g/mol. The fraction of sp³-hybridized carbons (Fsp3) is 0.444. The van der Waals surface area contributed by atoms with Crippen molar-refractivity contribution < 1.29 is 4.74 Å². The lowest BCUT2D eigenvalue weighted by Gasteiger charge is -2.28. The number of nitrogen functional groups attached to an aromatic ring is 1. The maximum absolute atomic E-state index is 5.65. The molecule has 1 fully saturated rings. The third kappa shape index (κ3) is 2.88. The molecule has 0 aromatic carbocycles. The largest absolute Gasteiger partial charge is 0.378 e. The van der Waals surface area contributed by atoms with E-state index in [2.05, 4.69) is 31.2 Å². The third-order valence-corrected chi connectivity index (χ3v) is 5.20. The molecule has 5 heterocycles. The van der Waals surface area contributed by atoms with Gasteiger partial charge >= 0.3 is 0 Å². The van der Waals surface area contributed by atoms with Gasteiger partial charge in [0.2, 0.25) is 5.95 Å². The highest BCUT2D eigenvalue weighted by Gasteiger charge is 2.25. The van der Waals surface area contributed by atoms with E-state index in [4.69, 9.17) is 20.4 Å². The zero-order chi connectivity index (χ0) is 18.4. The minimum absolute atomic E-state index is 0.259. The van der Waals surface area contributed by atoms with Crippen LogP contribution >= 0.6 is 0 Å². The molecule has 2 aliphatic heterocycles. The molecule has 0 atom stereocenters. The van der Waals surface area contributed by atoms with Crippen LogP contribution in [-0.2, 0) is 17.7 Å². The number of nitrogens with two attached hydrogens (primary N) is 1. The summed E-state index contributed by atoms with van der Waals surface area (Å²) in [4.78, 5) is 22.7. The summed E-state index contributed by atoms with van der Waals surface area (Å²) in [6.45, 7) is 4.92. The molecule has 9 nitrogen and oxygen atoms in total. The van der Waals surface area contributed by atoms with Crippen LogP contribution in [0.5, 0.6) is 0 Å². The Morgan fingerprint density at radius 3 is 2.63 bits per heavy atom. The number of imidazole rings is 1. The zero-order valence-electron chi connectivity index (χ0n) is 15.3. The first-order valence-electron chi connectivity index (χ1n) is 9.19. The molecule has 0 bridgehead atoms. The molecule has 0 saturated carbocycles. The van der Waals surface area contributed by atoms with Crippen molar-refractivity contribution >= 4 is 17.4 Å². The van der Waals surface area contributed by atoms with Gasteiger partial charge in [0.25, 0.3) is 0 Å². The number of anilines is 2. The number of hydrogen-bond acceptors (Lipinski definition) is 8. The SMILES string of the molecule is CN1CCc2nc3c(N4CCOCC4)nc(-c4cnc(N)nc4)cn3c2C1. The molecule has 0 aliphatic carbocycles. The van der Waals surface area contributed by atoms with Crippen molar-refractivity contribution in [3.8, 4) is 11.3 Å². The first-order valence-corrected chi connectivity index (χ1v) is 9.19. The van der Waals surface area contributed by atoms with Gasteiger partial charge in [-0.15, -0.1) is 0 Å². The van der Waals surface area contributed by atoms with E-state index in [-0.39, 0.29) is 5.95 Å². The summed E-state index contributed by atoms with van der Waals surface area (Å²) in [6.07, 6.45) is 6.43. The number of likely N-dealkylation sites (N-methyl/N-ethyl adjacent to an activating group) is 1. The van der Waals surface area contributed by atoms with E-state index >= 15 is 0 Å². The predicted molar refractivity (Wildman–Crippen MR) is 101 cm³/mol. The summed E-state index contributed by atoms with van der Waals surface area (Å²) in [5.74, 6) is 1.15. The van der Waals surface area contributed by atoms with Crippen molar-refractivity contribution in [1.29, 1.82) is 0 Å².